The Bertz CT molecular complexity index is 701. The molecule has 2 nitrogen and oxygen atoms in total. The number of thioether (sulfide) groups is 1. The molecule has 0 unspecified atom stereocenters. The maximum Gasteiger partial charge on any atom is 0.123 e. The van der Waals surface area contributed by atoms with E-state index in [4.69, 9.17) is 0 Å². The molecule has 2 heterocycles. The number of aromatic nitrogens is 2. The zero-order valence-electron chi connectivity index (χ0n) is 10.9. The highest BCUT2D eigenvalue weighted by Crippen LogP contribution is 2.27. The highest BCUT2D eigenvalue weighted by atomic mass is 32.2. The largest absolute Gasteiger partial charge is 0.348 e. The van der Waals surface area contributed by atoms with Gasteiger partial charge in [-0.05, 0) is 36.6 Å². The van der Waals surface area contributed by atoms with Crippen LogP contribution in [0.15, 0.2) is 46.9 Å². The number of H-pyrrole nitrogens is 1. The Morgan fingerprint density at radius 1 is 1.30 bits per heavy atom. The molecule has 3 rings (SSSR count). The van der Waals surface area contributed by atoms with Crippen LogP contribution in [0.3, 0.4) is 0 Å². The maximum atomic E-state index is 13.0. The Kier molecular flexibility index (Phi) is 3.89. The van der Waals surface area contributed by atoms with Crippen molar-refractivity contribution in [3.05, 3.63) is 58.4 Å². The van der Waals surface area contributed by atoms with Crippen molar-refractivity contribution >= 4 is 23.1 Å². The van der Waals surface area contributed by atoms with Gasteiger partial charge in [-0.3, -0.25) is 0 Å². The average Bonchev–Trinajstić information content (AvgIpc) is 3.09. The first-order chi connectivity index (χ1) is 9.76. The second kappa shape index (κ2) is 5.81. The molecule has 0 saturated heterocycles. The van der Waals surface area contributed by atoms with E-state index in [0.717, 1.165) is 23.4 Å². The maximum absolute atomic E-state index is 13.0. The summed E-state index contributed by atoms with van der Waals surface area (Å²) in [7, 11) is 0. The van der Waals surface area contributed by atoms with Crippen LogP contribution >= 0.6 is 23.1 Å². The third kappa shape index (κ3) is 2.78. The van der Waals surface area contributed by atoms with Gasteiger partial charge < -0.3 is 4.98 Å². The molecule has 1 N–H and O–H groups in total. The predicted molar refractivity (Wildman–Crippen MR) is 82.9 cm³/mol. The molecular formula is C15H13FN2S2. The first kappa shape index (κ1) is 13.4. The molecule has 0 aliphatic heterocycles. The lowest BCUT2D eigenvalue weighted by molar-refractivity contribution is 0.628. The van der Waals surface area contributed by atoms with Gasteiger partial charge in [0.05, 0.1) is 12.0 Å². The molecular weight excluding hydrogens is 291 g/mol. The fourth-order valence-corrected chi connectivity index (χ4v) is 3.67. The quantitative estimate of drug-likeness (QED) is 0.714. The highest BCUT2D eigenvalue weighted by molar-refractivity contribution is 7.98. The lowest BCUT2D eigenvalue weighted by Gasteiger charge is -2.02. The van der Waals surface area contributed by atoms with E-state index in [0.29, 0.717) is 0 Å². The Labute approximate surface area is 125 Å². The van der Waals surface area contributed by atoms with Crippen molar-refractivity contribution in [1.82, 2.24) is 9.97 Å². The fraction of sp³-hybridized carbons (Fsp3) is 0.133. The molecule has 102 valence electrons. The Hall–Kier alpha value is -1.59. The molecule has 0 fully saturated rings. The van der Waals surface area contributed by atoms with E-state index in [1.807, 2.05) is 0 Å². The number of imidazole rings is 1. The van der Waals surface area contributed by atoms with E-state index in [9.17, 15) is 4.39 Å². The van der Waals surface area contributed by atoms with Crippen LogP contribution in [-0.4, -0.2) is 16.2 Å². The van der Waals surface area contributed by atoms with E-state index in [2.05, 4.69) is 27.7 Å². The van der Waals surface area contributed by atoms with Gasteiger partial charge in [0.1, 0.15) is 5.82 Å². The zero-order valence-corrected chi connectivity index (χ0v) is 12.5. The minimum atomic E-state index is -0.228. The van der Waals surface area contributed by atoms with Gasteiger partial charge in [0.2, 0.25) is 0 Å². The standard InChI is InChI=1S/C15H13FN2S2/c1-19-13-6-12(20-8-13)7-14-15(18-9-17-14)10-2-4-11(16)5-3-10/h2-6,8-9H,7H2,1H3,(H,17,18). The van der Waals surface area contributed by atoms with Gasteiger partial charge in [-0.15, -0.1) is 23.1 Å². The summed E-state index contributed by atoms with van der Waals surface area (Å²) in [5.74, 6) is -0.228. The molecule has 3 aromatic rings. The fourth-order valence-electron chi connectivity index (χ4n) is 2.05. The minimum absolute atomic E-state index is 0.228. The summed E-state index contributed by atoms with van der Waals surface area (Å²) in [6.07, 6.45) is 4.58. The van der Waals surface area contributed by atoms with E-state index in [1.165, 1.54) is 21.9 Å². The van der Waals surface area contributed by atoms with Crippen LogP contribution in [0.4, 0.5) is 4.39 Å². The van der Waals surface area contributed by atoms with Gasteiger partial charge in [0.15, 0.2) is 0 Å². The number of hydrogen-bond donors (Lipinski definition) is 1. The lowest BCUT2D eigenvalue weighted by atomic mass is 10.1. The Morgan fingerprint density at radius 3 is 2.80 bits per heavy atom. The summed E-state index contributed by atoms with van der Waals surface area (Å²) in [6.45, 7) is 0. The number of hydrogen-bond acceptors (Lipinski definition) is 3. The second-order valence-electron chi connectivity index (χ2n) is 4.37. The SMILES string of the molecule is CSc1csc(Cc2[nH]cnc2-c2ccc(F)cc2)c1. The lowest BCUT2D eigenvalue weighted by Crippen LogP contribution is -1.89. The monoisotopic (exact) mass is 304 g/mol. The van der Waals surface area contributed by atoms with E-state index in [-0.39, 0.29) is 5.82 Å². The van der Waals surface area contributed by atoms with Crippen LogP contribution in [0, 0.1) is 5.82 Å². The molecule has 0 aliphatic rings. The number of nitrogens with one attached hydrogen (secondary N) is 1. The Morgan fingerprint density at radius 2 is 2.10 bits per heavy atom. The number of halogens is 1. The summed E-state index contributed by atoms with van der Waals surface area (Å²) in [5.41, 5.74) is 2.89. The summed E-state index contributed by atoms with van der Waals surface area (Å²) in [4.78, 5) is 10.1. The van der Waals surface area contributed by atoms with Crippen LogP contribution in [-0.2, 0) is 6.42 Å². The van der Waals surface area contributed by atoms with Crippen molar-refractivity contribution in [1.29, 1.82) is 0 Å². The van der Waals surface area contributed by atoms with Gasteiger partial charge in [-0.2, -0.15) is 0 Å². The van der Waals surface area contributed by atoms with Gasteiger partial charge in [-0.25, -0.2) is 9.37 Å². The van der Waals surface area contributed by atoms with Crippen LogP contribution in [0.25, 0.3) is 11.3 Å². The minimum Gasteiger partial charge on any atom is -0.348 e. The predicted octanol–water partition coefficient (Wildman–Crippen LogP) is 4.59. The molecule has 5 heteroatoms. The van der Waals surface area contributed by atoms with Crippen molar-refractivity contribution in [3.8, 4) is 11.3 Å². The summed E-state index contributed by atoms with van der Waals surface area (Å²) >= 11 is 3.50. The first-order valence-electron chi connectivity index (χ1n) is 6.16. The van der Waals surface area contributed by atoms with E-state index in [1.54, 1.807) is 41.6 Å². The van der Waals surface area contributed by atoms with Crippen molar-refractivity contribution in [2.45, 2.75) is 11.3 Å². The van der Waals surface area contributed by atoms with E-state index >= 15 is 0 Å². The highest BCUT2D eigenvalue weighted by Gasteiger charge is 2.10. The molecule has 2 aromatic heterocycles. The van der Waals surface area contributed by atoms with Crippen molar-refractivity contribution < 1.29 is 4.39 Å². The van der Waals surface area contributed by atoms with Crippen molar-refractivity contribution in [2.24, 2.45) is 0 Å². The molecule has 0 spiro atoms. The molecule has 0 atom stereocenters. The Balaban J connectivity index is 1.88. The molecule has 20 heavy (non-hydrogen) atoms. The zero-order chi connectivity index (χ0) is 13.9. The third-order valence-corrected chi connectivity index (χ3v) is 4.85. The van der Waals surface area contributed by atoms with Gasteiger partial charge in [0.25, 0.3) is 0 Å². The topological polar surface area (TPSA) is 28.7 Å². The summed E-state index contributed by atoms with van der Waals surface area (Å²) < 4.78 is 13.0. The number of nitrogens with zero attached hydrogens (tertiary/aromatic N) is 1. The van der Waals surface area contributed by atoms with Crippen LogP contribution in [0.1, 0.15) is 10.6 Å². The molecule has 0 saturated carbocycles. The molecule has 0 radical (unpaired) electrons. The molecule has 0 aliphatic carbocycles. The van der Waals surface area contributed by atoms with Crippen LogP contribution < -0.4 is 0 Å². The molecule has 0 bridgehead atoms. The average molecular weight is 304 g/mol. The van der Waals surface area contributed by atoms with Crippen LogP contribution in [0.5, 0.6) is 0 Å². The molecule has 1 aromatic carbocycles. The number of rotatable bonds is 4. The van der Waals surface area contributed by atoms with Crippen molar-refractivity contribution in [2.75, 3.05) is 6.26 Å². The van der Waals surface area contributed by atoms with Gasteiger partial charge >= 0.3 is 0 Å². The number of aromatic amines is 1. The molecule has 0 amide bonds. The second-order valence-corrected chi connectivity index (χ2v) is 6.24. The van der Waals surface area contributed by atoms with Gasteiger partial charge in [-0.1, -0.05) is 0 Å². The summed E-state index contributed by atoms with van der Waals surface area (Å²) in [6, 6.07) is 8.65. The normalized spacial score (nSPS) is 10.9. The van der Waals surface area contributed by atoms with Gasteiger partial charge in [0, 0.05) is 32.8 Å². The number of benzene rings is 1. The smallest absolute Gasteiger partial charge is 0.123 e. The number of thiophene rings is 1. The summed E-state index contributed by atoms with van der Waals surface area (Å²) in [5, 5.41) is 2.16. The first-order valence-corrected chi connectivity index (χ1v) is 8.26. The van der Waals surface area contributed by atoms with E-state index < -0.39 is 0 Å². The van der Waals surface area contributed by atoms with Crippen LogP contribution in [0.2, 0.25) is 0 Å². The van der Waals surface area contributed by atoms with Crippen molar-refractivity contribution in [3.63, 3.8) is 0 Å². The third-order valence-electron chi connectivity index (χ3n) is 3.05.